The molecule has 0 radical (unpaired) electrons. The van der Waals surface area contributed by atoms with Gasteiger partial charge in [-0.2, -0.15) is 0 Å². The molecule has 0 saturated carbocycles. The van der Waals surface area contributed by atoms with Crippen molar-refractivity contribution in [1.29, 1.82) is 0 Å². The third kappa shape index (κ3) is 4.42. The molecule has 0 aromatic heterocycles. The van der Waals surface area contributed by atoms with Crippen molar-refractivity contribution in [1.82, 2.24) is 10.2 Å². The quantitative estimate of drug-likeness (QED) is 0.812. The van der Waals surface area contributed by atoms with E-state index in [1.165, 1.54) is 12.8 Å². The van der Waals surface area contributed by atoms with Gasteiger partial charge in [0.25, 0.3) is 5.91 Å². The third-order valence-corrected chi connectivity index (χ3v) is 5.22. The van der Waals surface area contributed by atoms with Gasteiger partial charge in [0, 0.05) is 12.1 Å². The van der Waals surface area contributed by atoms with Gasteiger partial charge in [0.05, 0.1) is 20.3 Å². The van der Waals surface area contributed by atoms with Crippen LogP contribution in [0.3, 0.4) is 0 Å². The van der Waals surface area contributed by atoms with Crippen molar-refractivity contribution < 1.29 is 14.3 Å². The topological polar surface area (TPSA) is 50.8 Å². The van der Waals surface area contributed by atoms with Crippen LogP contribution in [0.15, 0.2) is 42.5 Å². The Morgan fingerprint density at radius 2 is 1.78 bits per heavy atom. The first-order valence-corrected chi connectivity index (χ1v) is 9.44. The smallest absolute Gasteiger partial charge is 0.251 e. The van der Waals surface area contributed by atoms with E-state index in [0.29, 0.717) is 18.0 Å². The largest absolute Gasteiger partial charge is 0.493 e. The first-order chi connectivity index (χ1) is 13.1. The Morgan fingerprint density at radius 1 is 1.07 bits per heavy atom. The van der Waals surface area contributed by atoms with E-state index in [9.17, 15) is 4.79 Å². The minimum Gasteiger partial charge on any atom is -0.493 e. The molecule has 1 N–H and O–H groups in total. The lowest BCUT2D eigenvalue weighted by Crippen LogP contribution is -2.37. The van der Waals surface area contributed by atoms with E-state index in [1.54, 1.807) is 14.2 Å². The van der Waals surface area contributed by atoms with E-state index in [0.717, 1.165) is 29.8 Å². The summed E-state index contributed by atoms with van der Waals surface area (Å²) in [4.78, 5) is 15.1. The van der Waals surface area contributed by atoms with E-state index >= 15 is 0 Å². The maximum absolute atomic E-state index is 12.7. The SMILES string of the molecule is COc1ccc(C(CNC(=O)c2ccccc2C)N2CCCC2)cc1OC. The Bertz CT molecular complexity index is 785. The molecule has 5 nitrogen and oxygen atoms in total. The van der Waals surface area contributed by atoms with Crippen LogP contribution in [0.25, 0.3) is 0 Å². The van der Waals surface area contributed by atoms with Crippen LogP contribution in [0.5, 0.6) is 11.5 Å². The molecule has 144 valence electrons. The summed E-state index contributed by atoms with van der Waals surface area (Å²) in [6, 6.07) is 13.8. The zero-order valence-electron chi connectivity index (χ0n) is 16.3. The third-order valence-electron chi connectivity index (χ3n) is 5.22. The van der Waals surface area contributed by atoms with E-state index < -0.39 is 0 Å². The second kappa shape index (κ2) is 8.91. The lowest BCUT2D eigenvalue weighted by molar-refractivity contribution is 0.0937. The number of methoxy groups -OCH3 is 2. The molecule has 1 heterocycles. The van der Waals surface area contributed by atoms with Crippen LogP contribution in [0.4, 0.5) is 0 Å². The van der Waals surface area contributed by atoms with Crippen molar-refractivity contribution in [2.24, 2.45) is 0 Å². The van der Waals surface area contributed by atoms with Crippen LogP contribution in [0.1, 0.15) is 40.4 Å². The van der Waals surface area contributed by atoms with Gasteiger partial charge in [-0.15, -0.1) is 0 Å². The molecule has 1 aliphatic heterocycles. The minimum atomic E-state index is -0.0298. The number of hydrogen-bond acceptors (Lipinski definition) is 4. The fourth-order valence-electron chi connectivity index (χ4n) is 3.68. The molecule has 1 saturated heterocycles. The Hall–Kier alpha value is -2.53. The van der Waals surface area contributed by atoms with E-state index in [1.807, 2.05) is 43.3 Å². The van der Waals surface area contributed by atoms with Crippen molar-refractivity contribution in [2.75, 3.05) is 33.9 Å². The highest BCUT2D eigenvalue weighted by Crippen LogP contribution is 2.33. The molecular weight excluding hydrogens is 340 g/mol. The van der Waals surface area contributed by atoms with Crippen molar-refractivity contribution in [3.8, 4) is 11.5 Å². The van der Waals surface area contributed by atoms with Gasteiger partial charge in [-0.05, 0) is 62.2 Å². The average Bonchev–Trinajstić information content (AvgIpc) is 3.22. The van der Waals surface area contributed by atoms with Gasteiger partial charge < -0.3 is 14.8 Å². The van der Waals surface area contributed by atoms with Gasteiger partial charge in [-0.1, -0.05) is 24.3 Å². The molecule has 3 rings (SSSR count). The number of nitrogens with one attached hydrogen (secondary N) is 1. The number of rotatable bonds is 7. The summed E-state index contributed by atoms with van der Waals surface area (Å²) < 4.78 is 10.8. The minimum absolute atomic E-state index is 0.0298. The summed E-state index contributed by atoms with van der Waals surface area (Å²) in [5.41, 5.74) is 2.84. The molecule has 2 aromatic carbocycles. The molecule has 2 aromatic rings. The molecule has 1 amide bonds. The summed E-state index contributed by atoms with van der Waals surface area (Å²) in [7, 11) is 3.28. The standard InChI is InChI=1S/C22H28N2O3/c1-16-8-4-5-9-18(16)22(25)23-15-19(24-12-6-7-13-24)17-10-11-20(26-2)21(14-17)27-3/h4-5,8-11,14,19H,6-7,12-13,15H2,1-3H3,(H,23,25). The Labute approximate surface area is 161 Å². The molecule has 5 heteroatoms. The maximum atomic E-state index is 12.7. The van der Waals surface area contributed by atoms with Crippen LogP contribution in [0, 0.1) is 6.92 Å². The lowest BCUT2D eigenvalue weighted by atomic mass is 10.0. The average molecular weight is 368 g/mol. The Morgan fingerprint density at radius 3 is 2.44 bits per heavy atom. The summed E-state index contributed by atoms with van der Waals surface area (Å²) in [6.45, 7) is 4.60. The predicted molar refractivity (Wildman–Crippen MR) is 107 cm³/mol. The van der Waals surface area contributed by atoms with Gasteiger partial charge in [0.15, 0.2) is 11.5 Å². The molecular formula is C22H28N2O3. The summed E-state index contributed by atoms with van der Waals surface area (Å²) in [5, 5.41) is 3.13. The molecule has 27 heavy (non-hydrogen) atoms. The van der Waals surface area contributed by atoms with Crippen LogP contribution in [-0.4, -0.2) is 44.7 Å². The van der Waals surface area contributed by atoms with Crippen LogP contribution >= 0.6 is 0 Å². The fourth-order valence-corrected chi connectivity index (χ4v) is 3.68. The van der Waals surface area contributed by atoms with Crippen LogP contribution in [0.2, 0.25) is 0 Å². The normalized spacial score (nSPS) is 15.4. The van der Waals surface area contributed by atoms with Gasteiger partial charge >= 0.3 is 0 Å². The molecule has 0 bridgehead atoms. The summed E-state index contributed by atoms with van der Waals surface area (Å²) in [5.74, 6) is 1.40. The zero-order valence-corrected chi connectivity index (χ0v) is 16.3. The van der Waals surface area contributed by atoms with Gasteiger partial charge in [-0.25, -0.2) is 0 Å². The number of carbonyl (C=O) groups excluding carboxylic acids is 1. The van der Waals surface area contributed by atoms with Crippen molar-refractivity contribution >= 4 is 5.91 Å². The predicted octanol–water partition coefficient (Wildman–Crippen LogP) is 3.58. The van der Waals surface area contributed by atoms with Crippen LogP contribution in [-0.2, 0) is 0 Å². The number of carbonyl (C=O) groups is 1. The molecule has 1 aliphatic rings. The first-order valence-electron chi connectivity index (χ1n) is 9.44. The molecule has 1 atom stereocenters. The molecule has 0 spiro atoms. The number of likely N-dealkylation sites (tertiary alicyclic amines) is 1. The van der Waals surface area contributed by atoms with Gasteiger partial charge in [0.1, 0.15) is 0 Å². The number of ether oxygens (including phenoxy) is 2. The lowest BCUT2D eigenvalue weighted by Gasteiger charge is -2.29. The second-order valence-electron chi connectivity index (χ2n) is 6.90. The number of benzene rings is 2. The van der Waals surface area contributed by atoms with Crippen molar-refractivity contribution in [3.63, 3.8) is 0 Å². The summed E-state index contributed by atoms with van der Waals surface area (Å²) in [6.07, 6.45) is 2.38. The highest BCUT2D eigenvalue weighted by Gasteiger charge is 2.25. The molecule has 0 aliphatic carbocycles. The summed E-state index contributed by atoms with van der Waals surface area (Å²) >= 11 is 0. The van der Waals surface area contributed by atoms with Crippen molar-refractivity contribution in [2.45, 2.75) is 25.8 Å². The Kier molecular flexibility index (Phi) is 6.35. The van der Waals surface area contributed by atoms with Crippen molar-refractivity contribution in [3.05, 3.63) is 59.2 Å². The molecule has 1 unspecified atom stereocenters. The van der Waals surface area contributed by atoms with E-state index in [4.69, 9.17) is 9.47 Å². The number of amides is 1. The fraction of sp³-hybridized carbons (Fsp3) is 0.409. The monoisotopic (exact) mass is 368 g/mol. The van der Waals surface area contributed by atoms with E-state index in [-0.39, 0.29) is 11.9 Å². The highest BCUT2D eigenvalue weighted by molar-refractivity contribution is 5.95. The number of hydrogen-bond donors (Lipinski definition) is 1. The van der Waals surface area contributed by atoms with Gasteiger partial charge in [-0.3, -0.25) is 9.69 Å². The van der Waals surface area contributed by atoms with Gasteiger partial charge in [0.2, 0.25) is 0 Å². The Balaban J connectivity index is 1.80. The van der Waals surface area contributed by atoms with E-state index in [2.05, 4.69) is 16.3 Å². The maximum Gasteiger partial charge on any atom is 0.251 e. The second-order valence-corrected chi connectivity index (χ2v) is 6.90. The highest BCUT2D eigenvalue weighted by atomic mass is 16.5. The number of aryl methyl sites for hydroxylation is 1. The molecule has 1 fully saturated rings. The number of nitrogens with zero attached hydrogens (tertiary/aromatic N) is 1. The zero-order chi connectivity index (χ0) is 19.2. The first kappa shape index (κ1) is 19.2. The van der Waals surface area contributed by atoms with Crippen LogP contribution < -0.4 is 14.8 Å².